The predicted octanol–water partition coefficient (Wildman–Crippen LogP) is 2.61. The van der Waals surface area contributed by atoms with E-state index < -0.39 is 12.0 Å². The summed E-state index contributed by atoms with van der Waals surface area (Å²) in [5.74, 6) is -0.845. The van der Waals surface area contributed by atoms with E-state index in [0.29, 0.717) is 26.2 Å². The number of carbonyl (C=O) groups is 1. The third-order valence-electron chi connectivity index (χ3n) is 4.41. The van der Waals surface area contributed by atoms with Crippen LogP contribution in [0, 0.1) is 5.82 Å². The molecular weight excluding hydrogens is 399 g/mol. The largest absolute Gasteiger partial charge is 0.466 e. The van der Waals surface area contributed by atoms with Gasteiger partial charge in [-0.3, -0.25) is 9.36 Å². The maximum atomic E-state index is 13.2. The molecule has 0 saturated heterocycles. The van der Waals surface area contributed by atoms with Crippen LogP contribution in [0.4, 0.5) is 4.39 Å². The number of nitrogens with zero attached hydrogens (tertiary/aromatic N) is 2. The molecule has 0 amide bonds. The minimum atomic E-state index is -0.584. The van der Waals surface area contributed by atoms with Crippen LogP contribution in [0.15, 0.2) is 62.8 Å². The second kappa shape index (κ2) is 7.29. The summed E-state index contributed by atoms with van der Waals surface area (Å²) < 4.78 is 20.1. The highest BCUT2D eigenvalue weighted by Gasteiger charge is 2.33. The van der Waals surface area contributed by atoms with Crippen LogP contribution in [0.1, 0.15) is 23.4 Å². The number of hydrogen-bond donors (Lipinski definition) is 0. The molecule has 1 atom stereocenters. The van der Waals surface area contributed by atoms with Crippen LogP contribution < -0.4 is 14.9 Å². The minimum absolute atomic E-state index is 0.250. The SMILES string of the molecule is COC(=O)C1=C(C)N=c2s/c(=C/c3ccc(F)cc3)c(=O)n2C1c1cccs1. The van der Waals surface area contributed by atoms with E-state index in [4.69, 9.17) is 4.74 Å². The molecule has 0 bridgehead atoms. The number of fused-ring (bicyclic) bond motifs is 1. The lowest BCUT2D eigenvalue weighted by Crippen LogP contribution is -2.39. The van der Waals surface area contributed by atoms with E-state index in [0.717, 1.165) is 4.88 Å². The highest BCUT2D eigenvalue weighted by Crippen LogP contribution is 2.32. The number of methoxy groups -OCH3 is 1. The fraction of sp³-hybridized carbons (Fsp3) is 0.150. The first-order chi connectivity index (χ1) is 13.5. The average molecular weight is 414 g/mol. The zero-order valence-corrected chi connectivity index (χ0v) is 16.6. The maximum Gasteiger partial charge on any atom is 0.338 e. The van der Waals surface area contributed by atoms with Gasteiger partial charge < -0.3 is 4.74 Å². The van der Waals surface area contributed by atoms with Crippen molar-refractivity contribution < 1.29 is 13.9 Å². The molecule has 0 fully saturated rings. The van der Waals surface area contributed by atoms with Gasteiger partial charge in [-0.1, -0.05) is 29.5 Å². The van der Waals surface area contributed by atoms with Crippen molar-refractivity contribution in [2.24, 2.45) is 4.99 Å². The van der Waals surface area contributed by atoms with Gasteiger partial charge in [-0.15, -0.1) is 11.3 Å². The molecule has 4 rings (SSSR count). The highest BCUT2D eigenvalue weighted by molar-refractivity contribution is 7.10. The Balaban J connectivity index is 1.96. The third-order valence-corrected chi connectivity index (χ3v) is 6.32. The molecule has 0 N–H and O–H groups in total. The summed E-state index contributed by atoms with van der Waals surface area (Å²) >= 11 is 2.70. The monoisotopic (exact) mass is 414 g/mol. The Morgan fingerprint density at radius 2 is 2.04 bits per heavy atom. The van der Waals surface area contributed by atoms with Gasteiger partial charge in [-0.25, -0.2) is 14.2 Å². The highest BCUT2D eigenvalue weighted by atomic mass is 32.1. The molecule has 3 aromatic rings. The molecule has 1 aliphatic rings. The fourth-order valence-corrected chi connectivity index (χ4v) is 4.99. The van der Waals surface area contributed by atoms with Crippen molar-refractivity contribution in [3.63, 3.8) is 0 Å². The topological polar surface area (TPSA) is 60.7 Å². The Kier molecular flexibility index (Phi) is 4.82. The Bertz CT molecular complexity index is 1250. The molecule has 0 aliphatic carbocycles. The van der Waals surface area contributed by atoms with E-state index in [1.807, 2.05) is 17.5 Å². The van der Waals surface area contributed by atoms with Gasteiger partial charge in [0.1, 0.15) is 11.9 Å². The lowest BCUT2D eigenvalue weighted by atomic mass is 10.0. The predicted molar refractivity (Wildman–Crippen MR) is 107 cm³/mol. The summed E-state index contributed by atoms with van der Waals surface area (Å²) in [6.07, 6.45) is 1.70. The van der Waals surface area contributed by atoms with Gasteiger partial charge in [0.2, 0.25) is 0 Å². The van der Waals surface area contributed by atoms with Crippen LogP contribution in [-0.2, 0) is 9.53 Å². The average Bonchev–Trinajstić information content (AvgIpc) is 3.31. The van der Waals surface area contributed by atoms with Crippen LogP contribution in [0.25, 0.3) is 6.08 Å². The van der Waals surface area contributed by atoms with E-state index in [1.165, 1.54) is 46.5 Å². The van der Waals surface area contributed by atoms with Crippen molar-refractivity contribution in [1.29, 1.82) is 0 Å². The molecule has 1 aromatic carbocycles. The first-order valence-electron chi connectivity index (χ1n) is 8.39. The van der Waals surface area contributed by atoms with E-state index in [1.54, 1.807) is 25.1 Å². The summed E-state index contributed by atoms with van der Waals surface area (Å²) in [7, 11) is 1.31. The van der Waals surface area contributed by atoms with Gasteiger partial charge >= 0.3 is 5.97 Å². The van der Waals surface area contributed by atoms with Crippen molar-refractivity contribution in [1.82, 2.24) is 4.57 Å². The summed E-state index contributed by atoms with van der Waals surface area (Å²) in [5.41, 5.74) is 1.34. The number of hydrogen-bond acceptors (Lipinski definition) is 6. The number of carbonyl (C=O) groups excluding carboxylic acids is 1. The Morgan fingerprint density at radius 3 is 2.68 bits per heavy atom. The Labute approximate surface area is 167 Å². The zero-order chi connectivity index (χ0) is 19.8. The zero-order valence-electron chi connectivity index (χ0n) is 15.0. The number of halogens is 1. The Morgan fingerprint density at radius 1 is 1.29 bits per heavy atom. The van der Waals surface area contributed by atoms with Crippen molar-refractivity contribution in [3.05, 3.63) is 89.0 Å². The number of benzene rings is 1. The molecule has 2 aromatic heterocycles. The molecule has 28 heavy (non-hydrogen) atoms. The lowest BCUT2D eigenvalue weighted by Gasteiger charge is -2.22. The number of thiophene rings is 1. The maximum absolute atomic E-state index is 13.2. The number of esters is 1. The molecule has 0 radical (unpaired) electrons. The van der Waals surface area contributed by atoms with Crippen molar-refractivity contribution in [3.8, 4) is 0 Å². The number of thiazole rings is 1. The second-order valence-corrected chi connectivity index (χ2v) is 8.13. The van der Waals surface area contributed by atoms with Gasteiger partial charge in [0.15, 0.2) is 4.80 Å². The molecule has 3 heterocycles. The quantitative estimate of drug-likeness (QED) is 0.619. The molecule has 142 valence electrons. The summed E-state index contributed by atoms with van der Waals surface area (Å²) in [6, 6.07) is 9.07. The van der Waals surface area contributed by atoms with E-state index in [2.05, 4.69) is 4.99 Å². The standard InChI is InChI=1S/C20H15FN2O3S2/c1-11-16(19(25)26-2)17(14-4-3-9-27-14)23-18(24)15(28-20(23)22-11)10-12-5-7-13(21)8-6-12/h3-10,17H,1-2H3/b15-10+. The van der Waals surface area contributed by atoms with E-state index in [9.17, 15) is 14.0 Å². The van der Waals surface area contributed by atoms with Crippen molar-refractivity contribution >= 4 is 34.7 Å². The molecule has 0 spiro atoms. The lowest BCUT2D eigenvalue weighted by molar-refractivity contribution is -0.136. The number of rotatable bonds is 3. The summed E-state index contributed by atoms with van der Waals surface area (Å²) in [5, 5.41) is 1.90. The molecule has 1 unspecified atom stereocenters. The van der Waals surface area contributed by atoms with Crippen LogP contribution in [0.2, 0.25) is 0 Å². The van der Waals surface area contributed by atoms with E-state index >= 15 is 0 Å². The van der Waals surface area contributed by atoms with Crippen LogP contribution in [-0.4, -0.2) is 17.6 Å². The summed E-state index contributed by atoms with van der Waals surface area (Å²) in [6.45, 7) is 1.74. The second-order valence-electron chi connectivity index (χ2n) is 6.14. The smallest absolute Gasteiger partial charge is 0.338 e. The van der Waals surface area contributed by atoms with Crippen molar-refractivity contribution in [2.75, 3.05) is 7.11 Å². The third kappa shape index (κ3) is 3.14. The minimum Gasteiger partial charge on any atom is -0.466 e. The van der Waals surface area contributed by atoms with Gasteiger partial charge in [0.05, 0.1) is 22.9 Å². The number of aromatic nitrogens is 1. The van der Waals surface area contributed by atoms with Crippen molar-refractivity contribution in [2.45, 2.75) is 13.0 Å². The Hall–Kier alpha value is -2.84. The molecule has 8 heteroatoms. The van der Waals surface area contributed by atoms with Crippen LogP contribution >= 0.6 is 22.7 Å². The number of allylic oxidation sites excluding steroid dienone is 1. The van der Waals surface area contributed by atoms with Gasteiger partial charge in [-0.2, -0.15) is 0 Å². The molecule has 5 nitrogen and oxygen atoms in total. The fourth-order valence-electron chi connectivity index (χ4n) is 3.12. The molecular formula is C20H15FN2O3S2. The van der Waals surface area contributed by atoms with Gasteiger partial charge in [-0.05, 0) is 42.1 Å². The first kappa shape index (κ1) is 18.5. The van der Waals surface area contributed by atoms with E-state index in [-0.39, 0.29) is 11.4 Å². The molecule has 0 saturated carbocycles. The van der Waals surface area contributed by atoms with Gasteiger partial charge in [0, 0.05) is 4.88 Å². The first-order valence-corrected chi connectivity index (χ1v) is 10.1. The summed E-state index contributed by atoms with van der Waals surface area (Å²) in [4.78, 5) is 31.5. The normalized spacial score (nSPS) is 16.7. The number of ether oxygens (including phenoxy) is 1. The van der Waals surface area contributed by atoms with Gasteiger partial charge in [0.25, 0.3) is 5.56 Å². The molecule has 1 aliphatic heterocycles. The van der Waals surface area contributed by atoms with Crippen LogP contribution in [0.3, 0.4) is 0 Å². The van der Waals surface area contributed by atoms with Crippen LogP contribution in [0.5, 0.6) is 0 Å².